The third-order valence-electron chi connectivity index (χ3n) is 4.13. The number of rotatable bonds is 8. The molecule has 1 amide bonds. The van der Waals surface area contributed by atoms with Gasteiger partial charge in [-0.2, -0.15) is 4.31 Å². The Morgan fingerprint density at radius 1 is 1.32 bits per heavy atom. The van der Waals surface area contributed by atoms with Gasteiger partial charge in [-0.05, 0) is 44.0 Å². The van der Waals surface area contributed by atoms with E-state index in [1.165, 1.54) is 4.31 Å². The van der Waals surface area contributed by atoms with E-state index >= 15 is 0 Å². The van der Waals surface area contributed by atoms with Gasteiger partial charge in [0.05, 0.1) is 24.0 Å². The number of carbonyl (C=O) groups excluding carboxylic acids is 1. The summed E-state index contributed by atoms with van der Waals surface area (Å²) >= 11 is 0. The molecule has 0 bridgehead atoms. The van der Waals surface area contributed by atoms with Crippen molar-refractivity contribution in [3.63, 3.8) is 0 Å². The first-order valence-corrected chi connectivity index (χ1v) is 9.92. The minimum Gasteiger partial charge on any atom is -0.494 e. The largest absolute Gasteiger partial charge is 0.494 e. The van der Waals surface area contributed by atoms with Gasteiger partial charge in [-0.3, -0.25) is 4.79 Å². The third kappa shape index (κ3) is 5.17. The highest BCUT2D eigenvalue weighted by Crippen LogP contribution is 2.25. The van der Waals surface area contributed by atoms with Gasteiger partial charge in [0.2, 0.25) is 15.9 Å². The average Bonchev–Trinajstić information content (AvgIpc) is 2.63. The molecule has 0 spiro atoms. The molecule has 1 saturated heterocycles. The van der Waals surface area contributed by atoms with Gasteiger partial charge in [0, 0.05) is 26.7 Å². The van der Waals surface area contributed by atoms with Gasteiger partial charge < -0.3 is 14.8 Å². The summed E-state index contributed by atoms with van der Waals surface area (Å²) in [5.74, 6) is 0.183. The monoisotopic (exact) mass is 370 g/mol. The third-order valence-corrected chi connectivity index (χ3v) is 6.01. The lowest BCUT2D eigenvalue weighted by molar-refractivity contribution is -0.126. The normalized spacial score (nSPS) is 18.7. The highest BCUT2D eigenvalue weighted by atomic mass is 32.2. The molecule has 1 aromatic carbocycles. The highest BCUT2D eigenvalue weighted by Gasteiger charge is 2.33. The smallest absolute Gasteiger partial charge is 0.243 e. The van der Waals surface area contributed by atoms with E-state index in [1.807, 2.05) is 6.92 Å². The van der Waals surface area contributed by atoms with Crippen LogP contribution in [0.25, 0.3) is 0 Å². The maximum Gasteiger partial charge on any atom is 0.243 e. The lowest BCUT2D eigenvalue weighted by Gasteiger charge is -2.31. The number of piperidine rings is 1. The van der Waals surface area contributed by atoms with Crippen molar-refractivity contribution in [1.82, 2.24) is 9.62 Å². The Morgan fingerprint density at radius 3 is 2.68 bits per heavy atom. The molecule has 0 radical (unpaired) electrons. The van der Waals surface area contributed by atoms with E-state index in [1.54, 1.807) is 31.4 Å². The van der Waals surface area contributed by atoms with Crippen molar-refractivity contribution in [1.29, 1.82) is 0 Å². The summed E-state index contributed by atoms with van der Waals surface area (Å²) in [7, 11) is -2.04. The van der Waals surface area contributed by atoms with Crippen LogP contribution in [0.3, 0.4) is 0 Å². The summed E-state index contributed by atoms with van der Waals surface area (Å²) in [6.45, 7) is 3.89. The van der Waals surface area contributed by atoms with Crippen molar-refractivity contribution in [3.8, 4) is 5.75 Å². The molecule has 2 rings (SSSR count). The molecule has 0 saturated carbocycles. The maximum atomic E-state index is 12.8. The molecule has 0 aromatic heterocycles. The van der Waals surface area contributed by atoms with E-state index in [9.17, 15) is 13.2 Å². The van der Waals surface area contributed by atoms with Gasteiger partial charge in [-0.25, -0.2) is 8.42 Å². The molecule has 1 fully saturated rings. The van der Waals surface area contributed by atoms with Crippen LogP contribution < -0.4 is 10.1 Å². The van der Waals surface area contributed by atoms with E-state index in [-0.39, 0.29) is 23.3 Å². The van der Waals surface area contributed by atoms with Crippen LogP contribution in [0, 0.1) is 5.92 Å². The van der Waals surface area contributed by atoms with E-state index in [2.05, 4.69) is 5.32 Å². The molecule has 7 nitrogen and oxygen atoms in total. The van der Waals surface area contributed by atoms with Crippen molar-refractivity contribution >= 4 is 15.9 Å². The highest BCUT2D eigenvalue weighted by molar-refractivity contribution is 7.89. The predicted octanol–water partition coefficient (Wildman–Crippen LogP) is 1.25. The second-order valence-electron chi connectivity index (χ2n) is 5.89. The molecule has 1 heterocycles. The van der Waals surface area contributed by atoms with Gasteiger partial charge in [0.1, 0.15) is 5.75 Å². The van der Waals surface area contributed by atoms with Crippen molar-refractivity contribution in [2.45, 2.75) is 24.7 Å². The molecule has 1 atom stereocenters. The van der Waals surface area contributed by atoms with Crippen LogP contribution in [0.4, 0.5) is 0 Å². The first-order chi connectivity index (χ1) is 12.0. The number of nitrogens with zero attached hydrogens (tertiary/aromatic N) is 1. The number of hydrogen-bond donors (Lipinski definition) is 1. The molecule has 1 aromatic rings. The minimum atomic E-state index is -3.61. The van der Waals surface area contributed by atoms with E-state index < -0.39 is 10.0 Å². The fraction of sp³-hybridized carbons (Fsp3) is 0.588. The van der Waals surface area contributed by atoms with Crippen LogP contribution in [-0.4, -0.2) is 58.6 Å². The summed E-state index contributed by atoms with van der Waals surface area (Å²) in [4.78, 5) is 12.4. The number of carbonyl (C=O) groups is 1. The summed E-state index contributed by atoms with van der Waals surface area (Å²) in [6, 6.07) is 6.38. The molecule has 25 heavy (non-hydrogen) atoms. The Hall–Kier alpha value is -1.64. The van der Waals surface area contributed by atoms with Gasteiger partial charge in [-0.15, -0.1) is 0 Å². The lowest BCUT2D eigenvalue weighted by Crippen LogP contribution is -2.45. The van der Waals surface area contributed by atoms with Gasteiger partial charge in [-0.1, -0.05) is 0 Å². The van der Waals surface area contributed by atoms with Crippen LogP contribution >= 0.6 is 0 Å². The number of methoxy groups -OCH3 is 1. The minimum absolute atomic E-state index is 0.122. The molecule has 1 N–H and O–H groups in total. The molecular weight excluding hydrogens is 344 g/mol. The topological polar surface area (TPSA) is 84.9 Å². The van der Waals surface area contributed by atoms with Gasteiger partial charge >= 0.3 is 0 Å². The second kappa shape index (κ2) is 9.17. The summed E-state index contributed by atoms with van der Waals surface area (Å²) < 4.78 is 37.3. The first-order valence-electron chi connectivity index (χ1n) is 8.48. The molecule has 0 aliphatic carbocycles. The first kappa shape index (κ1) is 19.7. The zero-order chi connectivity index (χ0) is 18.3. The molecular formula is C17H26N2O5S. The van der Waals surface area contributed by atoms with Crippen molar-refractivity contribution < 1.29 is 22.7 Å². The zero-order valence-corrected chi connectivity index (χ0v) is 15.5. The van der Waals surface area contributed by atoms with Gasteiger partial charge in [0.25, 0.3) is 0 Å². The Bertz CT molecular complexity index is 660. The van der Waals surface area contributed by atoms with E-state index in [0.717, 1.165) is 0 Å². The summed E-state index contributed by atoms with van der Waals surface area (Å²) in [5, 5.41) is 2.78. The van der Waals surface area contributed by atoms with E-state index in [4.69, 9.17) is 9.47 Å². The Kier molecular flexibility index (Phi) is 7.22. The number of hydrogen-bond acceptors (Lipinski definition) is 5. The van der Waals surface area contributed by atoms with Crippen LogP contribution in [0.5, 0.6) is 5.75 Å². The Morgan fingerprint density at radius 2 is 2.04 bits per heavy atom. The zero-order valence-electron chi connectivity index (χ0n) is 14.7. The quantitative estimate of drug-likeness (QED) is 0.696. The number of benzene rings is 1. The second-order valence-corrected chi connectivity index (χ2v) is 7.83. The van der Waals surface area contributed by atoms with Gasteiger partial charge in [0.15, 0.2) is 0 Å². The SMILES string of the molecule is CCOc1ccc(S(=O)(=O)N2CCC[C@@H](C(=O)NCCOC)C2)cc1. The summed E-state index contributed by atoms with van der Waals surface area (Å²) in [5.41, 5.74) is 0. The average molecular weight is 370 g/mol. The molecule has 140 valence electrons. The fourth-order valence-electron chi connectivity index (χ4n) is 2.82. The van der Waals surface area contributed by atoms with Crippen LogP contribution in [0.2, 0.25) is 0 Å². The molecule has 8 heteroatoms. The number of ether oxygens (including phenoxy) is 2. The number of nitrogens with one attached hydrogen (secondary N) is 1. The van der Waals surface area contributed by atoms with Crippen LogP contribution in [0.1, 0.15) is 19.8 Å². The fourth-order valence-corrected chi connectivity index (χ4v) is 4.34. The van der Waals surface area contributed by atoms with E-state index in [0.29, 0.717) is 44.9 Å². The van der Waals surface area contributed by atoms with Crippen molar-refractivity contribution in [2.24, 2.45) is 5.92 Å². The Labute approximate surface area is 149 Å². The predicted molar refractivity (Wildman–Crippen MR) is 94.0 cm³/mol. The standard InChI is InChI=1S/C17H26N2O5S/c1-3-24-15-6-8-16(9-7-15)25(21,22)19-11-4-5-14(13-19)17(20)18-10-12-23-2/h6-9,14H,3-5,10-13H2,1-2H3,(H,18,20)/t14-/m1/s1. The lowest BCUT2D eigenvalue weighted by atomic mass is 9.99. The van der Waals surface area contributed by atoms with Crippen LogP contribution in [0.15, 0.2) is 29.2 Å². The Balaban J connectivity index is 2.04. The number of amides is 1. The molecule has 1 aliphatic heterocycles. The maximum absolute atomic E-state index is 12.8. The van der Waals surface area contributed by atoms with Crippen molar-refractivity contribution in [2.75, 3.05) is 40.0 Å². The summed E-state index contributed by atoms with van der Waals surface area (Å²) in [6.07, 6.45) is 1.35. The van der Waals surface area contributed by atoms with Crippen molar-refractivity contribution in [3.05, 3.63) is 24.3 Å². The number of sulfonamides is 1. The van der Waals surface area contributed by atoms with Crippen LogP contribution in [-0.2, 0) is 19.6 Å². The molecule has 0 unspecified atom stereocenters. The molecule has 1 aliphatic rings.